The van der Waals surface area contributed by atoms with Crippen molar-refractivity contribution in [2.24, 2.45) is 0 Å². The minimum absolute atomic E-state index is 0.0441. The summed E-state index contributed by atoms with van der Waals surface area (Å²) in [5.41, 5.74) is -0.561. The highest BCUT2D eigenvalue weighted by Gasteiger charge is 2.27. The average Bonchev–Trinajstić information content (AvgIpc) is 3.51. The standard InChI is InChI=1S/C19H17FN4O4/c20-12-1-5-14(6-2-12)28-8-7-21-17(25)11-9-15-16(22-10-11)24(13-3-4-13)19(27)23-18(15)26/h1-2,5-6,9-10,13H,3-4,7-8H2,(H,21,25)(H,23,26,27). The molecule has 1 aromatic carbocycles. The second-order valence-corrected chi connectivity index (χ2v) is 6.51. The van der Waals surface area contributed by atoms with E-state index in [1.807, 2.05) is 0 Å². The molecule has 144 valence electrons. The molecule has 0 unspecified atom stereocenters. The van der Waals surface area contributed by atoms with E-state index in [1.54, 1.807) is 0 Å². The largest absolute Gasteiger partial charge is 0.492 e. The van der Waals surface area contributed by atoms with Crippen molar-refractivity contribution in [1.29, 1.82) is 0 Å². The third-order valence-electron chi connectivity index (χ3n) is 4.42. The summed E-state index contributed by atoms with van der Waals surface area (Å²) in [5.74, 6) is -0.278. The van der Waals surface area contributed by atoms with Crippen LogP contribution in [0.4, 0.5) is 4.39 Å². The van der Waals surface area contributed by atoms with Crippen LogP contribution in [-0.2, 0) is 0 Å². The van der Waals surface area contributed by atoms with Gasteiger partial charge in [0.15, 0.2) is 0 Å². The van der Waals surface area contributed by atoms with Gasteiger partial charge in [0.2, 0.25) is 0 Å². The normalized spacial score (nSPS) is 13.5. The van der Waals surface area contributed by atoms with Crippen LogP contribution >= 0.6 is 0 Å². The van der Waals surface area contributed by atoms with Gasteiger partial charge in [-0.25, -0.2) is 14.2 Å². The van der Waals surface area contributed by atoms with E-state index in [2.05, 4.69) is 15.3 Å². The second-order valence-electron chi connectivity index (χ2n) is 6.51. The molecule has 2 aromatic heterocycles. The minimum Gasteiger partial charge on any atom is -0.492 e. The maximum Gasteiger partial charge on any atom is 0.330 e. The molecule has 2 heterocycles. The van der Waals surface area contributed by atoms with E-state index < -0.39 is 17.2 Å². The zero-order valence-corrected chi connectivity index (χ0v) is 14.8. The van der Waals surface area contributed by atoms with Crippen molar-refractivity contribution in [2.75, 3.05) is 13.2 Å². The van der Waals surface area contributed by atoms with Gasteiger partial charge < -0.3 is 10.1 Å². The maximum absolute atomic E-state index is 12.8. The molecule has 9 heteroatoms. The van der Waals surface area contributed by atoms with Gasteiger partial charge in [0.1, 0.15) is 23.8 Å². The Hall–Kier alpha value is -3.49. The van der Waals surface area contributed by atoms with Crippen LogP contribution in [0.15, 0.2) is 46.1 Å². The average molecular weight is 384 g/mol. The van der Waals surface area contributed by atoms with Crippen molar-refractivity contribution in [3.63, 3.8) is 0 Å². The van der Waals surface area contributed by atoms with E-state index in [9.17, 15) is 18.8 Å². The predicted molar refractivity (Wildman–Crippen MR) is 99.1 cm³/mol. The highest BCUT2D eigenvalue weighted by Crippen LogP contribution is 2.34. The first-order chi connectivity index (χ1) is 13.5. The minimum atomic E-state index is -0.571. The van der Waals surface area contributed by atoms with Crippen molar-refractivity contribution in [3.8, 4) is 5.75 Å². The molecular weight excluding hydrogens is 367 g/mol. The van der Waals surface area contributed by atoms with Crippen LogP contribution in [0.1, 0.15) is 29.2 Å². The van der Waals surface area contributed by atoms with Crippen molar-refractivity contribution in [2.45, 2.75) is 18.9 Å². The van der Waals surface area contributed by atoms with E-state index in [0.717, 1.165) is 12.8 Å². The molecule has 2 N–H and O–H groups in total. The van der Waals surface area contributed by atoms with Crippen molar-refractivity contribution in [1.82, 2.24) is 19.9 Å². The summed E-state index contributed by atoms with van der Waals surface area (Å²) >= 11 is 0. The maximum atomic E-state index is 12.8. The molecule has 0 spiro atoms. The second kappa shape index (κ2) is 7.26. The lowest BCUT2D eigenvalue weighted by Crippen LogP contribution is -2.31. The number of aromatic nitrogens is 3. The highest BCUT2D eigenvalue weighted by molar-refractivity contribution is 5.96. The monoisotopic (exact) mass is 384 g/mol. The molecule has 1 amide bonds. The number of carbonyl (C=O) groups is 1. The van der Waals surface area contributed by atoms with Crippen LogP contribution in [0.3, 0.4) is 0 Å². The van der Waals surface area contributed by atoms with Gasteiger partial charge in [-0.2, -0.15) is 0 Å². The van der Waals surface area contributed by atoms with Gasteiger partial charge in [0, 0.05) is 12.2 Å². The zero-order chi connectivity index (χ0) is 19.7. The van der Waals surface area contributed by atoms with Gasteiger partial charge in [-0.15, -0.1) is 0 Å². The van der Waals surface area contributed by atoms with Crippen molar-refractivity contribution in [3.05, 3.63) is 68.7 Å². The highest BCUT2D eigenvalue weighted by atomic mass is 19.1. The smallest absolute Gasteiger partial charge is 0.330 e. The predicted octanol–water partition coefficient (Wildman–Crippen LogP) is 1.37. The Morgan fingerprint density at radius 1 is 1.29 bits per heavy atom. The SMILES string of the molecule is O=C(NCCOc1ccc(F)cc1)c1cnc2c(c1)c(=O)[nH]c(=O)n2C1CC1. The number of rotatable bonds is 6. The Bertz CT molecular complexity index is 1150. The number of amides is 1. The number of H-pyrrole nitrogens is 1. The molecule has 1 saturated carbocycles. The van der Waals surface area contributed by atoms with Crippen LogP contribution in [0.2, 0.25) is 0 Å². The van der Waals surface area contributed by atoms with Gasteiger partial charge >= 0.3 is 5.69 Å². The third kappa shape index (κ3) is 3.64. The van der Waals surface area contributed by atoms with Crippen LogP contribution in [0.25, 0.3) is 11.0 Å². The van der Waals surface area contributed by atoms with Gasteiger partial charge in [0.25, 0.3) is 11.5 Å². The molecule has 0 saturated heterocycles. The molecule has 0 aliphatic heterocycles. The fourth-order valence-corrected chi connectivity index (χ4v) is 2.90. The van der Waals surface area contributed by atoms with Gasteiger partial charge in [-0.1, -0.05) is 0 Å². The summed E-state index contributed by atoms with van der Waals surface area (Å²) in [6, 6.07) is 7.03. The zero-order valence-electron chi connectivity index (χ0n) is 14.8. The summed E-state index contributed by atoms with van der Waals surface area (Å²) in [5, 5.41) is 2.86. The number of pyridine rings is 1. The fraction of sp³-hybridized carbons (Fsp3) is 0.263. The topological polar surface area (TPSA) is 106 Å². The Labute approximate surface area is 158 Å². The summed E-state index contributed by atoms with van der Waals surface area (Å²) in [7, 11) is 0. The number of fused-ring (bicyclic) bond motifs is 1. The quantitative estimate of drug-likeness (QED) is 0.625. The molecule has 1 fully saturated rings. The molecule has 3 aromatic rings. The Morgan fingerprint density at radius 3 is 2.75 bits per heavy atom. The number of nitrogens with one attached hydrogen (secondary N) is 2. The number of aromatic amines is 1. The molecule has 1 aliphatic carbocycles. The number of hydrogen-bond donors (Lipinski definition) is 2. The van der Waals surface area contributed by atoms with Crippen LogP contribution in [0.5, 0.6) is 5.75 Å². The molecule has 0 atom stereocenters. The molecule has 4 rings (SSSR count). The van der Waals surface area contributed by atoms with Crippen molar-refractivity contribution < 1.29 is 13.9 Å². The van der Waals surface area contributed by atoms with Crippen molar-refractivity contribution >= 4 is 16.9 Å². The molecule has 1 aliphatic rings. The number of benzene rings is 1. The lowest BCUT2D eigenvalue weighted by molar-refractivity contribution is 0.0947. The van der Waals surface area contributed by atoms with Gasteiger partial charge in [-0.05, 0) is 43.2 Å². The first-order valence-corrected chi connectivity index (χ1v) is 8.84. The Morgan fingerprint density at radius 2 is 2.04 bits per heavy atom. The lowest BCUT2D eigenvalue weighted by atomic mass is 10.2. The number of carbonyl (C=O) groups excluding carboxylic acids is 1. The van der Waals surface area contributed by atoms with Crippen LogP contribution in [0, 0.1) is 5.82 Å². The van der Waals surface area contributed by atoms with E-state index in [4.69, 9.17) is 4.74 Å². The molecular formula is C19H17FN4O4. The first-order valence-electron chi connectivity index (χ1n) is 8.84. The lowest BCUT2D eigenvalue weighted by Gasteiger charge is -2.10. The van der Waals surface area contributed by atoms with Crippen LogP contribution < -0.4 is 21.3 Å². The van der Waals surface area contributed by atoms with E-state index in [1.165, 1.54) is 41.1 Å². The number of halogens is 1. The van der Waals surface area contributed by atoms with E-state index in [-0.39, 0.29) is 41.6 Å². The fourth-order valence-electron chi connectivity index (χ4n) is 2.90. The van der Waals surface area contributed by atoms with Gasteiger partial charge in [-0.3, -0.25) is 19.1 Å². The summed E-state index contributed by atoms with van der Waals surface area (Å²) in [6.07, 6.45) is 3.06. The van der Waals surface area contributed by atoms with Crippen LogP contribution in [-0.4, -0.2) is 33.6 Å². The molecule has 8 nitrogen and oxygen atoms in total. The van der Waals surface area contributed by atoms with Gasteiger partial charge in [0.05, 0.1) is 17.5 Å². The third-order valence-corrected chi connectivity index (χ3v) is 4.42. The Kier molecular flexibility index (Phi) is 4.64. The molecule has 28 heavy (non-hydrogen) atoms. The van der Waals surface area contributed by atoms with E-state index >= 15 is 0 Å². The van der Waals surface area contributed by atoms with E-state index in [0.29, 0.717) is 5.75 Å². The summed E-state index contributed by atoms with van der Waals surface area (Å²) < 4.78 is 19.7. The summed E-state index contributed by atoms with van der Waals surface area (Å²) in [4.78, 5) is 42.9. The number of ether oxygens (including phenoxy) is 1. The number of hydrogen-bond acceptors (Lipinski definition) is 5. The molecule has 0 radical (unpaired) electrons. The molecule has 0 bridgehead atoms. The summed E-state index contributed by atoms with van der Waals surface area (Å²) in [6.45, 7) is 0.409. The first kappa shape index (κ1) is 17.9. The number of nitrogens with zero attached hydrogens (tertiary/aromatic N) is 2. The Balaban J connectivity index is 1.45.